The summed E-state index contributed by atoms with van der Waals surface area (Å²) >= 11 is 1.53. The third kappa shape index (κ3) is 3.18. The van der Waals surface area contributed by atoms with E-state index in [1.165, 1.54) is 22.3 Å². The van der Waals surface area contributed by atoms with Gasteiger partial charge in [0.2, 0.25) is 12.7 Å². The highest BCUT2D eigenvalue weighted by Crippen LogP contribution is 2.39. The second-order valence-corrected chi connectivity index (χ2v) is 7.71. The molecule has 2 heterocycles. The van der Waals surface area contributed by atoms with E-state index in [1.54, 1.807) is 6.08 Å². The fraction of sp³-hybridized carbons (Fsp3) is 0.300. The number of hydrogen-bond donors (Lipinski definition) is 1. The standard InChI is InChI=1S/C20H18N2O3S/c1-12-2-5-14-15(10-21)20(26-18(14)8-12)22-19(23)7-4-13-3-6-16-17(9-13)25-11-24-16/h3-4,6-7,9,12H,2,5,8,11H2,1H3,(H,22,23)/b7-4+/t12-/m0/s1. The monoisotopic (exact) mass is 366 g/mol. The van der Waals surface area contributed by atoms with Gasteiger partial charge in [0.15, 0.2) is 11.5 Å². The van der Waals surface area contributed by atoms with Crippen LogP contribution >= 0.6 is 11.3 Å². The van der Waals surface area contributed by atoms with Crippen molar-refractivity contribution in [2.75, 3.05) is 12.1 Å². The summed E-state index contributed by atoms with van der Waals surface area (Å²) in [5.41, 5.74) is 2.59. The maximum Gasteiger partial charge on any atom is 0.249 e. The molecule has 6 heteroatoms. The van der Waals surface area contributed by atoms with Crippen molar-refractivity contribution in [1.29, 1.82) is 5.26 Å². The Morgan fingerprint density at radius 3 is 3.08 bits per heavy atom. The first-order chi connectivity index (χ1) is 12.6. The molecule has 1 aliphatic carbocycles. The van der Waals surface area contributed by atoms with Gasteiger partial charge in [-0.15, -0.1) is 11.3 Å². The molecule has 2 aromatic rings. The van der Waals surface area contributed by atoms with Crippen molar-refractivity contribution in [2.24, 2.45) is 5.92 Å². The number of carbonyl (C=O) groups is 1. The van der Waals surface area contributed by atoms with E-state index in [0.717, 1.165) is 30.4 Å². The number of nitrogens with one attached hydrogen (secondary N) is 1. The second-order valence-electron chi connectivity index (χ2n) is 6.60. The van der Waals surface area contributed by atoms with Gasteiger partial charge in [0.05, 0.1) is 5.56 Å². The lowest BCUT2D eigenvalue weighted by Crippen LogP contribution is -2.10. The number of thiophene rings is 1. The Kier molecular flexibility index (Phi) is 4.39. The summed E-state index contributed by atoms with van der Waals surface area (Å²) in [7, 11) is 0. The van der Waals surface area contributed by atoms with E-state index < -0.39 is 0 Å². The van der Waals surface area contributed by atoms with Crippen LogP contribution in [0.25, 0.3) is 6.08 Å². The van der Waals surface area contributed by atoms with Crippen LogP contribution in [0.5, 0.6) is 11.5 Å². The number of nitriles is 1. The topological polar surface area (TPSA) is 71.3 Å². The highest BCUT2D eigenvalue weighted by atomic mass is 32.1. The highest BCUT2D eigenvalue weighted by Gasteiger charge is 2.24. The van der Waals surface area contributed by atoms with E-state index in [9.17, 15) is 10.1 Å². The minimum atomic E-state index is -0.245. The molecule has 1 aliphatic heterocycles. The van der Waals surface area contributed by atoms with Gasteiger partial charge in [-0.1, -0.05) is 13.0 Å². The number of carbonyl (C=O) groups excluding carboxylic acids is 1. The van der Waals surface area contributed by atoms with Crippen molar-refractivity contribution >= 4 is 28.3 Å². The van der Waals surface area contributed by atoms with Crippen LogP contribution in [-0.4, -0.2) is 12.7 Å². The fourth-order valence-corrected chi connectivity index (χ4v) is 4.66. The largest absolute Gasteiger partial charge is 0.454 e. The first-order valence-corrected chi connectivity index (χ1v) is 9.39. The van der Waals surface area contributed by atoms with Gasteiger partial charge in [0, 0.05) is 11.0 Å². The van der Waals surface area contributed by atoms with Gasteiger partial charge in [-0.2, -0.15) is 5.26 Å². The van der Waals surface area contributed by atoms with Crippen LogP contribution in [0.1, 0.15) is 34.9 Å². The van der Waals surface area contributed by atoms with Gasteiger partial charge < -0.3 is 14.8 Å². The van der Waals surface area contributed by atoms with Crippen molar-refractivity contribution in [2.45, 2.75) is 26.2 Å². The zero-order chi connectivity index (χ0) is 18.1. The summed E-state index contributed by atoms with van der Waals surface area (Å²) < 4.78 is 10.6. The number of hydrogen-bond acceptors (Lipinski definition) is 5. The lowest BCUT2D eigenvalue weighted by Gasteiger charge is -2.17. The number of amides is 1. The molecule has 0 saturated carbocycles. The van der Waals surface area contributed by atoms with E-state index in [1.807, 2.05) is 18.2 Å². The third-order valence-corrected chi connectivity index (χ3v) is 5.85. The molecule has 5 nitrogen and oxygen atoms in total. The molecule has 1 aromatic carbocycles. The summed E-state index contributed by atoms with van der Waals surface area (Å²) in [6.45, 7) is 2.45. The third-order valence-electron chi connectivity index (χ3n) is 4.68. The molecule has 132 valence electrons. The predicted octanol–water partition coefficient (Wildman–Crippen LogP) is 4.13. The van der Waals surface area contributed by atoms with Crippen molar-refractivity contribution < 1.29 is 14.3 Å². The van der Waals surface area contributed by atoms with Crippen LogP contribution in [0.2, 0.25) is 0 Å². The van der Waals surface area contributed by atoms with Crippen LogP contribution in [0.3, 0.4) is 0 Å². The van der Waals surface area contributed by atoms with Crippen LogP contribution in [0.4, 0.5) is 5.00 Å². The van der Waals surface area contributed by atoms with E-state index >= 15 is 0 Å². The molecule has 1 amide bonds. The summed E-state index contributed by atoms with van der Waals surface area (Å²) in [5.74, 6) is 1.77. The molecule has 0 unspecified atom stereocenters. The lowest BCUT2D eigenvalue weighted by molar-refractivity contribution is -0.111. The second kappa shape index (κ2) is 6.85. The Bertz CT molecular complexity index is 939. The average molecular weight is 366 g/mol. The van der Waals surface area contributed by atoms with Gasteiger partial charge >= 0.3 is 0 Å². The molecule has 1 N–H and O–H groups in total. The normalized spacial score (nSPS) is 17.8. The van der Waals surface area contributed by atoms with E-state index in [-0.39, 0.29) is 12.7 Å². The number of fused-ring (bicyclic) bond motifs is 2. The Balaban J connectivity index is 1.49. The van der Waals surface area contributed by atoms with E-state index in [2.05, 4.69) is 18.3 Å². The summed E-state index contributed by atoms with van der Waals surface area (Å²) in [6.07, 6.45) is 6.19. The summed E-state index contributed by atoms with van der Waals surface area (Å²) in [5, 5.41) is 13.0. The molecule has 1 aromatic heterocycles. The molecule has 0 spiro atoms. The predicted molar refractivity (Wildman–Crippen MR) is 100 cm³/mol. The highest BCUT2D eigenvalue weighted by molar-refractivity contribution is 7.16. The van der Waals surface area contributed by atoms with E-state index in [4.69, 9.17) is 9.47 Å². The van der Waals surface area contributed by atoms with Crippen LogP contribution < -0.4 is 14.8 Å². The Morgan fingerprint density at radius 2 is 2.23 bits per heavy atom. The molecule has 26 heavy (non-hydrogen) atoms. The average Bonchev–Trinajstić information content (AvgIpc) is 3.22. The number of benzene rings is 1. The zero-order valence-electron chi connectivity index (χ0n) is 14.4. The molecule has 1 atom stereocenters. The van der Waals surface area contributed by atoms with Gasteiger partial charge in [0.1, 0.15) is 11.1 Å². The van der Waals surface area contributed by atoms with Crippen LogP contribution in [0.15, 0.2) is 24.3 Å². The molecule has 0 fully saturated rings. The Labute approximate surface area is 155 Å². The zero-order valence-corrected chi connectivity index (χ0v) is 15.2. The van der Waals surface area contributed by atoms with Gasteiger partial charge in [0.25, 0.3) is 0 Å². The molecule has 2 aliphatic rings. The summed E-state index contributed by atoms with van der Waals surface area (Å²) in [6, 6.07) is 7.78. The SMILES string of the molecule is C[C@H]1CCc2c(sc(NC(=O)/C=C/c3ccc4c(c3)OCO4)c2C#N)C1. The van der Waals surface area contributed by atoms with Crippen molar-refractivity contribution in [3.05, 3.63) is 45.8 Å². The van der Waals surface area contributed by atoms with E-state index in [0.29, 0.717) is 28.0 Å². The number of anilines is 1. The maximum atomic E-state index is 12.3. The molecule has 0 saturated heterocycles. The van der Waals surface area contributed by atoms with Crippen molar-refractivity contribution in [1.82, 2.24) is 0 Å². The smallest absolute Gasteiger partial charge is 0.249 e. The fourth-order valence-electron chi connectivity index (χ4n) is 3.30. The van der Waals surface area contributed by atoms with Crippen molar-refractivity contribution in [3.63, 3.8) is 0 Å². The van der Waals surface area contributed by atoms with Crippen LogP contribution in [0, 0.1) is 17.2 Å². The first-order valence-electron chi connectivity index (χ1n) is 8.57. The quantitative estimate of drug-likeness (QED) is 0.829. The lowest BCUT2D eigenvalue weighted by atomic mass is 9.89. The first kappa shape index (κ1) is 16.7. The maximum absolute atomic E-state index is 12.3. The molecule has 0 bridgehead atoms. The van der Waals surface area contributed by atoms with Crippen LogP contribution in [-0.2, 0) is 17.6 Å². The van der Waals surface area contributed by atoms with Crippen molar-refractivity contribution in [3.8, 4) is 17.6 Å². The molecular weight excluding hydrogens is 348 g/mol. The van der Waals surface area contributed by atoms with Gasteiger partial charge in [-0.3, -0.25) is 4.79 Å². The summed E-state index contributed by atoms with van der Waals surface area (Å²) in [4.78, 5) is 13.5. The van der Waals surface area contributed by atoms with Gasteiger partial charge in [-0.05, 0) is 54.5 Å². The number of rotatable bonds is 3. The molecular formula is C20H18N2O3S. The number of ether oxygens (including phenoxy) is 2. The Hall–Kier alpha value is -2.78. The minimum absolute atomic E-state index is 0.224. The Morgan fingerprint density at radius 1 is 1.38 bits per heavy atom. The van der Waals surface area contributed by atoms with Gasteiger partial charge in [-0.25, -0.2) is 0 Å². The molecule has 0 radical (unpaired) electrons. The molecule has 4 rings (SSSR count). The number of nitrogens with zero attached hydrogens (tertiary/aromatic N) is 1. The minimum Gasteiger partial charge on any atom is -0.454 e.